The quantitative estimate of drug-likeness (QED) is 0.153. The molecule has 15 nitrogen and oxygen atoms in total. The van der Waals surface area contributed by atoms with Crippen LogP contribution < -0.4 is 37.1 Å². The fourth-order valence-electron chi connectivity index (χ4n) is 7.34. The molecule has 0 radical (unpaired) electrons. The summed E-state index contributed by atoms with van der Waals surface area (Å²) in [4.78, 5) is 83.7. The van der Waals surface area contributed by atoms with Gasteiger partial charge in [0.1, 0.15) is 17.8 Å². The lowest BCUT2D eigenvalue weighted by molar-refractivity contribution is -0.141. The van der Waals surface area contributed by atoms with Gasteiger partial charge in [0.2, 0.25) is 35.4 Å². The lowest BCUT2D eigenvalue weighted by Crippen LogP contribution is -2.58. The number of rotatable bonds is 11. The van der Waals surface area contributed by atoms with E-state index in [0.29, 0.717) is 55.8 Å². The molecule has 3 aromatic rings. The number of nitrogens with two attached hydrogens (primary N) is 1. The molecule has 1 saturated heterocycles. The molecule has 1 fully saturated rings. The molecule has 2 aliphatic rings. The highest BCUT2D eigenvalue weighted by Crippen LogP contribution is 2.35. The van der Waals surface area contributed by atoms with Crippen molar-refractivity contribution in [2.75, 3.05) is 53.0 Å². The van der Waals surface area contributed by atoms with Gasteiger partial charge in [0, 0.05) is 57.8 Å². The van der Waals surface area contributed by atoms with Crippen molar-refractivity contribution >= 4 is 35.4 Å². The summed E-state index contributed by atoms with van der Waals surface area (Å²) >= 11 is 0. The van der Waals surface area contributed by atoms with Crippen LogP contribution in [0.25, 0.3) is 0 Å². The van der Waals surface area contributed by atoms with Crippen LogP contribution in [0.2, 0.25) is 0 Å². The fraction of sp³-hybridized carbons (Fsp3) is 0.409. The van der Waals surface area contributed by atoms with Gasteiger partial charge in [-0.15, -0.1) is 0 Å². The van der Waals surface area contributed by atoms with Crippen LogP contribution in [0.3, 0.4) is 0 Å². The zero-order chi connectivity index (χ0) is 42.0. The summed E-state index contributed by atoms with van der Waals surface area (Å²) in [6, 6.07) is 21.9. The third-order valence-corrected chi connectivity index (χ3v) is 10.5. The van der Waals surface area contributed by atoms with E-state index in [1.165, 1.54) is 6.08 Å². The van der Waals surface area contributed by atoms with Crippen LogP contribution in [0.1, 0.15) is 41.5 Å². The number of carbonyl (C=O) groups excluding carboxylic acids is 6. The normalized spacial score (nSPS) is 21.6. The van der Waals surface area contributed by atoms with Gasteiger partial charge in [0.25, 0.3) is 0 Å². The second kappa shape index (κ2) is 22.2. The van der Waals surface area contributed by atoms with E-state index in [2.05, 4.69) is 26.6 Å². The van der Waals surface area contributed by atoms with Crippen molar-refractivity contribution in [2.45, 2.75) is 57.2 Å². The average Bonchev–Trinajstić information content (AvgIpc) is 3.24. The molecule has 0 unspecified atom stereocenters. The Hall–Kier alpha value is -6.06. The van der Waals surface area contributed by atoms with E-state index < -0.39 is 47.0 Å². The Morgan fingerprint density at radius 3 is 2.37 bits per heavy atom. The molecule has 0 saturated carbocycles. The Labute approximate surface area is 344 Å². The van der Waals surface area contributed by atoms with Gasteiger partial charge in [0.05, 0.1) is 32.2 Å². The second-order valence-corrected chi connectivity index (χ2v) is 14.8. The summed E-state index contributed by atoms with van der Waals surface area (Å²) in [6.07, 6.45) is 3.71. The van der Waals surface area contributed by atoms with Gasteiger partial charge >= 0.3 is 0 Å². The maximum absolute atomic E-state index is 14.7. The molecule has 3 atom stereocenters. The first kappa shape index (κ1) is 44.1. The van der Waals surface area contributed by atoms with Crippen LogP contribution in [0.15, 0.2) is 91.0 Å². The molecule has 0 aliphatic carbocycles. The first-order valence-corrected chi connectivity index (χ1v) is 20.0. The molecule has 2 bridgehead atoms. The summed E-state index contributed by atoms with van der Waals surface area (Å²) in [5, 5.41) is 14.3. The average molecular weight is 810 g/mol. The largest absolute Gasteiger partial charge is 0.497 e. The highest BCUT2D eigenvalue weighted by atomic mass is 16.5. The van der Waals surface area contributed by atoms with E-state index >= 15 is 0 Å². The molecule has 0 aromatic heterocycles. The zero-order valence-electron chi connectivity index (χ0n) is 33.5. The molecule has 15 heteroatoms. The molecule has 7 N–H and O–H groups in total. The van der Waals surface area contributed by atoms with E-state index in [1.807, 2.05) is 42.5 Å². The second-order valence-electron chi connectivity index (χ2n) is 14.8. The molecule has 314 valence electrons. The predicted molar refractivity (Wildman–Crippen MR) is 221 cm³/mol. The van der Waals surface area contributed by atoms with Gasteiger partial charge in [-0.3, -0.25) is 28.8 Å². The number of nitrogens with zero attached hydrogens (tertiary/aromatic N) is 1. The lowest BCUT2D eigenvalue weighted by Gasteiger charge is -2.42. The summed E-state index contributed by atoms with van der Waals surface area (Å²) in [7, 11) is 1.56. The van der Waals surface area contributed by atoms with Gasteiger partial charge in [-0.25, -0.2) is 0 Å². The number of nitrogens with one attached hydrogen (secondary N) is 5. The Bertz CT molecular complexity index is 1940. The van der Waals surface area contributed by atoms with Gasteiger partial charge < -0.3 is 46.7 Å². The minimum absolute atomic E-state index is 0.0176. The maximum Gasteiger partial charge on any atom is 0.246 e. The number of hydrogen-bond acceptors (Lipinski definition) is 9. The van der Waals surface area contributed by atoms with E-state index in [4.69, 9.17) is 15.2 Å². The molecule has 59 heavy (non-hydrogen) atoms. The van der Waals surface area contributed by atoms with Crippen molar-refractivity contribution in [1.82, 2.24) is 31.5 Å². The van der Waals surface area contributed by atoms with Crippen LogP contribution in [0, 0.1) is 5.41 Å². The number of amides is 6. The van der Waals surface area contributed by atoms with Crippen LogP contribution in [0.5, 0.6) is 5.75 Å². The summed E-state index contributed by atoms with van der Waals surface area (Å²) < 4.78 is 10.7. The lowest BCUT2D eigenvalue weighted by atomic mass is 9.74. The van der Waals surface area contributed by atoms with Crippen molar-refractivity contribution in [3.63, 3.8) is 0 Å². The van der Waals surface area contributed by atoms with Crippen molar-refractivity contribution in [2.24, 2.45) is 11.1 Å². The highest BCUT2D eigenvalue weighted by Gasteiger charge is 2.44. The predicted octanol–water partition coefficient (Wildman–Crippen LogP) is 1.09. The summed E-state index contributed by atoms with van der Waals surface area (Å²) in [5.74, 6) is -2.07. The SMILES string of the molecule is COc1ccc(C[C@@H]2NC(=O)[C@]3(Cc4ccccc4)CCCN(C3)C(=O)/C=C/C(=O)NCC[C@@H](C(=O)NCCOCCN)NC(=O)Cc3ccccc3CNC2=O)cc1. The molecule has 2 heterocycles. The number of methoxy groups -OCH3 is 1. The van der Waals surface area contributed by atoms with Crippen molar-refractivity contribution in [3.8, 4) is 5.75 Å². The molecule has 3 aromatic carbocycles. The van der Waals surface area contributed by atoms with Crippen LogP contribution >= 0.6 is 0 Å². The molecule has 5 rings (SSSR count). The Morgan fingerprint density at radius 2 is 1.63 bits per heavy atom. The van der Waals surface area contributed by atoms with Crippen molar-refractivity contribution in [1.29, 1.82) is 0 Å². The van der Waals surface area contributed by atoms with E-state index in [-0.39, 0.29) is 58.0 Å². The standard InChI is InChI=1S/C44H55N7O8/c1-58-35-14-12-31(13-15-35)26-37-42(56)48-29-34-11-6-5-10-33(34)27-39(53)49-36(41(55)47-22-25-59-24-20-45)18-21-46-38(52)16-17-40(54)51-23-7-19-44(30-51,43(57)50-37)28-32-8-3-2-4-9-32/h2-6,8-17,36-37H,7,18-30,45H2,1H3,(H,46,52)(H,47,55)(H,48,56)(H,49,53)(H,50,57)/b17-16+/t36-,37-,44-/m0/s1. The smallest absolute Gasteiger partial charge is 0.246 e. The first-order valence-electron chi connectivity index (χ1n) is 20.0. The molecule has 6 amide bonds. The third kappa shape index (κ3) is 13.2. The molecular formula is C44H55N7O8. The molecule has 0 spiro atoms. The van der Waals surface area contributed by atoms with E-state index in [9.17, 15) is 28.8 Å². The van der Waals surface area contributed by atoms with Gasteiger partial charge in [-0.05, 0) is 60.1 Å². The number of hydrogen-bond donors (Lipinski definition) is 6. The van der Waals surface area contributed by atoms with E-state index in [0.717, 1.165) is 17.2 Å². The maximum atomic E-state index is 14.7. The third-order valence-electron chi connectivity index (χ3n) is 10.5. The van der Waals surface area contributed by atoms with Gasteiger partial charge in [-0.2, -0.15) is 0 Å². The van der Waals surface area contributed by atoms with Gasteiger partial charge in [-0.1, -0.05) is 66.7 Å². The first-order chi connectivity index (χ1) is 28.6. The Kier molecular flexibility index (Phi) is 16.6. The van der Waals surface area contributed by atoms with Crippen LogP contribution in [-0.4, -0.2) is 105 Å². The number of benzene rings is 3. The van der Waals surface area contributed by atoms with Crippen molar-refractivity contribution in [3.05, 3.63) is 113 Å². The van der Waals surface area contributed by atoms with E-state index in [1.54, 1.807) is 48.4 Å². The monoisotopic (exact) mass is 809 g/mol. The Morgan fingerprint density at radius 1 is 0.881 bits per heavy atom. The topological polar surface area (TPSA) is 210 Å². The highest BCUT2D eigenvalue weighted by molar-refractivity contribution is 5.97. The summed E-state index contributed by atoms with van der Waals surface area (Å²) in [5.41, 5.74) is 7.37. The Balaban J connectivity index is 1.46. The minimum atomic E-state index is -1.09. The summed E-state index contributed by atoms with van der Waals surface area (Å²) in [6.45, 7) is 1.60. The number of piperidine rings is 1. The fourth-order valence-corrected chi connectivity index (χ4v) is 7.34. The van der Waals surface area contributed by atoms with Crippen LogP contribution in [-0.2, 0) is 59.3 Å². The van der Waals surface area contributed by atoms with Crippen LogP contribution in [0.4, 0.5) is 0 Å². The number of ether oxygens (including phenoxy) is 2. The number of fused-ring (bicyclic) bond motifs is 3. The van der Waals surface area contributed by atoms with Gasteiger partial charge in [0.15, 0.2) is 0 Å². The zero-order valence-corrected chi connectivity index (χ0v) is 33.5. The number of carbonyl (C=O) groups is 6. The molecular weight excluding hydrogens is 755 g/mol. The minimum Gasteiger partial charge on any atom is -0.497 e. The molecule has 2 aliphatic heterocycles. The van der Waals surface area contributed by atoms with Crippen molar-refractivity contribution < 1.29 is 38.2 Å².